The molecule has 0 amide bonds. The van der Waals surface area contributed by atoms with Crippen molar-refractivity contribution in [2.75, 3.05) is 39.3 Å². The first-order chi connectivity index (χ1) is 30.0. The molecule has 0 spiro atoms. The SMILES string of the molecule is CCCCCCCCC(O)CN(CCCCC(=O)SC(C)SC(=O)CCCCN(CC(O)CCCCCCCC)CC(O)CCCCCCCC)CC(O)CCCCCCCC. The van der Waals surface area contributed by atoms with Crippen LogP contribution in [0, 0.1) is 0 Å². The fourth-order valence-corrected chi connectivity index (χ4v) is 10.5. The van der Waals surface area contributed by atoms with Crippen LogP contribution in [0.5, 0.6) is 0 Å². The second-order valence-corrected chi connectivity index (χ2v) is 21.9. The lowest BCUT2D eigenvalue weighted by Crippen LogP contribution is -2.38. The fourth-order valence-electron chi connectivity index (χ4n) is 8.43. The van der Waals surface area contributed by atoms with Crippen molar-refractivity contribution in [2.24, 2.45) is 0 Å². The summed E-state index contributed by atoms with van der Waals surface area (Å²) in [7, 11) is 0. The van der Waals surface area contributed by atoms with Gasteiger partial charge in [-0.25, -0.2) is 0 Å². The molecule has 0 aliphatic carbocycles. The molecule has 0 aromatic carbocycles. The quantitative estimate of drug-likeness (QED) is 0.0347. The minimum atomic E-state index is -0.394. The molecule has 0 bridgehead atoms. The minimum absolute atomic E-state index is 0.116. The Balaban J connectivity index is 4.75. The van der Waals surface area contributed by atoms with Crippen molar-refractivity contribution >= 4 is 33.8 Å². The van der Waals surface area contributed by atoms with Gasteiger partial charge >= 0.3 is 0 Å². The fraction of sp³-hybridized carbons (Fsp3) is 0.962. The van der Waals surface area contributed by atoms with E-state index in [9.17, 15) is 30.0 Å². The van der Waals surface area contributed by atoms with Gasteiger partial charge < -0.3 is 20.4 Å². The molecule has 0 fully saturated rings. The van der Waals surface area contributed by atoms with E-state index >= 15 is 0 Å². The van der Waals surface area contributed by atoms with Gasteiger partial charge in [0.15, 0.2) is 10.2 Å². The van der Waals surface area contributed by atoms with E-state index in [4.69, 9.17) is 0 Å². The molecule has 370 valence electrons. The maximum Gasteiger partial charge on any atom is 0.190 e. The van der Waals surface area contributed by atoms with Crippen LogP contribution in [0.15, 0.2) is 0 Å². The maximum atomic E-state index is 12.9. The lowest BCUT2D eigenvalue weighted by Gasteiger charge is -2.27. The normalized spacial score (nSPS) is 14.4. The van der Waals surface area contributed by atoms with Crippen LogP contribution in [-0.2, 0) is 9.59 Å². The molecule has 0 aromatic rings. The van der Waals surface area contributed by atoms with Crippen LogP contribution in [0.1, 0.15) is 253 Å². The molecule has 4 N–H and O–H groups in total. The Labute approximate surface area is 393 Å². The summed E-state index contributed by atoms with van der Waals surface area (Å²) in [6, 6.07) is 0. The third kappa shape index (κ3) is 42.4. The Bertz CT molecular complexity index is 858. The standard InChI is InChI=1S/C52H104N2O6S2/c1-6-10-14-18-22-26-34-47(55)42-53(43-48(56)35-27-23-19-15-11-7-2)40-32-30-38-51(59)61-46(5)62-52(60)39-31-33-41-54(44-49(57)36-28-24-20-16-12-8-3)45-50(58)37-29-25-21-17-13-9-4/h46-50,55-58H,6-45H2,1-5H3. The second kappa shape index (κ2) is 45.9. The van der Waals surface area contributed by atoms with Crippen molar-refractivity contribution in [2.45, 2.75) is 282 Å². The molecule has 4 unspecified atom stereocenters. The number of aliphatic hydroxyl groups excluding tert-OH is 4. The molecule has 4 atom stereocenters. The number of thioether (sulfide) groups is 2. The van der Waals surface area contributed by atoms with Gasteiger partial charge in [-0.1, -0.05) is 205 Å². The first-order valence-electron chi connectivity index (χ1n) is 26.6. The monoisotopic (exact) mass is 917 g/mol. The summed E-state index contributed by atoms with van der Waals surface area (Å²) >= 11 is 2.53. The molecule has 0 radical (unpaired) electrons. The van der Waals surface area contributed by atoms with Crippen molar-refractivity contribution in [1.82, 2.24) is 9.80 Å². The number of unbranched alkanes of at least 4 members (excludes halogenated alkanes) is 22. The largest absolute Gasteiger partial charge is 0.392 e. The molecule has 8 nitrogen and oxygen atoms in total. The number of rotatable bonds is 48. The molecule has 0 rings (SSSR count). The van der Waals surface area contributed by atoms with Crippen LogP contribution in [0.3, 0.4) is 0 Å². The summed E-state index contributed by atoms with van der Waals surface area (Å²) in [6.07, 6.45) is 34.6. The Morgan fingerprint density at radius 1 is 0.371 bits per heavy atom. The van der Waals surface area contributed by atoms with Crippen LogP contribution >= 0.6 is 23.5 Å². The number of hydrogen-bond donors (Lipinski definition) is 4. The summed E-state index contributed by atoms with van der Waals surface area (Å²) in [6.45, 7) is 14.7. The number of carbonyl (C=O) groups is 2. The highest BCUT2D eigenvalue weighted by Gasteiger charge is 2.19. The molecule has 0 saturated carbocycles. The topological polar surface area (TPSA) is 122 Å². The van der Waals surface area contributed by atoms with Gasteiger partial charge in [0.2, 0.25) is 0 Å². The first-order valence-corrected chi connectivity index (χ1v) is 28.4. The molecular formula is C52H104N2O6S2. The van der Waals surface area contributed by atoms with E-state index in [1.165, 1.54) is 126 Å². The van der Waals surface area contributed by atoms with E-state index in [1.807, 2.05) is 6.92 Å². The van der Waals surface area contributed by atoms with Gasteiger partial charge in [-0.2, -0.15) is 0 Å². The van der Waals surface area contributed by atoms with E-state index in [-0.39, 0.29) is 14.8 Å². The van der Waals surface area contributed by atoms with E-state index in [2.05, 4.69) is 37.5 Å². The average Bonchev–Trinajstić information content (AvgIpc) is 3.23. The third-order valence-corrected chi connectivity index (χ3v) is 14.4. The van der Waals surface area contributed by atoms with Gasteiger partial charge in [0.05, 0.1) is 29.0 Å². The maximum absolute atomic E-state index is 12.9. The predicted octanol–water partition coefficient (Wildman–Crippen LogP) is 13.2. The Kier molecular flexibility index (Phi) is 45.8. The molecule has 0 aromatic heterocycles. The highest BCUT2D eigenvalue weighted by atomic mass is 32.2. The van der Waals surface area contributed by atoms with Crippen LogP contribution in [0.4, 0.5) is 0 Å². The highest BCUT2D eigenvalue weighted by molar-refractivity contribution is 8.29. The lowest BCUT2D eigenvalue weighted by molar-refractivity contribution is -0.111. The van der Waals surface area contributed by atoms with Gasteiger partial charge in [0.1, 0.15) is 0 Å². The molecule has 62 heavy (non-hydrogen) atoms. The van der Waals surface area contributed by atoms with Crippen LogP contribution in [0.2, 0.25) is 0 Å². The average molecular weight is 918 g/mol. The second-order valence-electron chi connectivity index (χ2n) is 18.8. The first kappa shape index (κ1) is 61.8. The highest BCUT2D eigenvalue weighted by Crippen LogP contribution is 2.28. The van der Waals surface area contributed by atoms with Crippen molar-refractivity contribution in [1.29, 1.82) is 0 Å². The van der Waals surface area contributed by atoms with Crippen molar-refractivity contribution < 1.29 is 30.0 Å². The van der Waals surface area contributed by atoms with Gasteiger partial charge in [0, 0.05) is 39.0 Å². The number of carbonyl (C=O) groups excluding carboxylic acids is 2. The van der Waals surface area contributed by atoms with E-state index < -0.39 is 24.4 Å². The zero-order valence-electron chi connectivity index (χ0n) is 41.5. The summed E-state index contributed by atoms with van der Waals surface area (Å²) in [5.41, 5.74) is 0. The summed E-state index contributed by atoms with van der Waals surface area (Å²) in [5.74, 6) is 0. The van der Waals surface area contributed by atoms with Gasteiger partial charge in [-0.05, 0) is 71.4 Å². The smallest absolute Gasteiger partial charge is 0.190 e. The van der Waals surface area contributed by atoms with Crippen LogP contribution in [0.25, 0.3) is 0 Å². The lowest BCUT2D eigenvalue weighted by atomic mass is 10.1. The molecule has 0 aliphatic rings. The van der Waals surface area contributed by atoms with Gasteiger partial charge in [-0.3, -0.25) is 19.4 Å². The van der Waals surface area contributed by atoms with E-state index in [1.54, 1.807) is 0 Å². The summed E-state index contributed by atoms with van der Waals surface area (Å²) in [4.78, 5) is 30.3. The van der Waals surface area contributed by atoms with Crippen molar-refractivity contribution in [3.8, 4) is 0 Å². The van der Waals surface area contributed by atoms with Gasteiger partial charge in [-0.15, -0.1) is 0 Å². The van der Waals surface area contributed by atoms with E-state index in [0.29, 0.717) is 39.0 Å². The molecule has 0 heterocycles. The van der Waals surface area contributed by atoms with Crippen molar-refractivity contribution in [3.05, 3.63) is 0 Å². The van der Waals surface area contributed by atoms with Gasteiger partial charge in [0.25, 0.3) is 0 Å². The zero-order valence-corrected chi connectivity index (χ0v) is 43.1. The minimum Gasteiger partial charge on any atom is -0.392 e. The molecule has 10 heteroatoms. The Hall–Kier alpha value is -0.200. The predicted molar refractivity (Wildman–Crippen MR) is 271 cm³/mol. The zero-order chi connectivity index (χ0) is 45.9. The van der Waals surface area contributed by atoms with Crippen molar-refractivity contribution in [3.63, 3.8) is 0 Å². The Morgan fingerprint density at radius 3 is 0.871 bits per heavy atom. The summed E-state index contributed by atoms with van der Waals surface area (Å²) in [5, 5.41) is 43.7. The summed E-state index contributed by atoms with van der Waals surface area (Å²) < 4.78 is -0.133. The third-order valence-electron chi connectivity index (χ3n) is 12.2. The molecule has 0 saturated heterocycles. The molecule has 0 aliphatic heterocycles. The number of hydrogen-bond acceptors (Lipinski definition) is 10. The van der Waals surface area contributed by atoms with Crippen LogP contribution in [-0.4, -0.2) is 109 Å². The van der Waals surface area contributed by atoms with E-state index in [0.717, 1.165) is 116 Å². The van der Waals surface area contributed by atoms with Crippen LogP contribution < -0.4 is 0 Å². The molecular weight excluding hydrogens is 813 g/mol. The Morgan fingerprint density at radius 2 is 0.613 bits per heavy atom. The number of nitrogens with zero attached hydrogens (tertiary/aromatic N) is 2. The number of aliphatic hydroxyl groups is 4.